The van der Waals surface area contributed by atoms with E-state index in [0.29, 0.717) is 11.9 Å². The standard InChI is InChI=1S/C19H18N2O3/c1-4-21-10-16(19(23)24)18(22)15-6-5-13(9-17(15)21)14-7-8-20-12(3)11(14)2/h5-10H,4H2,1-3H3,(H,23,24). The Morgan fingerprint density at radius 1 is 1.25 bits per heavy atom. The Bertz CT molecular complexity index is 1020. The third-order valence-corrected chi connectivity index (χ3v) is 4.42. The molecule has 1 N–H and O–H groups in total. The highest BCUT2D eigenvalue weighted by atomic mass is 16.4. The van der Waals surface area contributed by atoms with Crippen molar-refractivity contribution in [3.8, 4) is 11.1 Å². The van der Waals surface area contributed by atoms with Gasteiger partial charge in [0, 0.05) is 30.0 Å². The fourth-order valence-corrected chi connectivity index (χ4v) is 2.92. The molecule has 3 rings (SSSR count). The normalized spacial score (nSPS) is 11.0. The van der Waals surface area contributed by atoms with Gasteiger partial charge in [-0.3, -0.25) is 9.78 Å². The average Bonchev–Trinajstić information content (AvgIpc) is 2.57. The van der Waals surface area contributed by atoms with Crippen LogP contribution < -0.4 is 5.43 Å². The predicted octanol–water partition coefficient (Wildman–Crippen LogP) is 3.40. The molecule has 0 saturated heterocycles. The number of carbonyl (C=O) groups is 1. The molecule has 0 bridgehead atoms. The van der Waals surface area contributed by atoms with Gasteiger partial charge in [0.25, 0.3) is 0 Å². The largest absolute Gasteiger partial charge is 0.477 e. The summed E-state index contributed by atoms with van der Waals surface area (Å²) < 4.78 is 1.80. The number of aryl methyl sites for hydroxylation is 2. The van der Waals surface area contributed by atoms with Crippen molar-refractivity contribution >= 4 is 16.9 Å². The maximum absolute atomic E-state index is 12.4. The van der Waals surface area contributed by atoms with E-state index >= 15 is 0 Å². The molecule has 2 heterocycles. The van der Waals surface area contributed by atoms with Gasteiger partial charge in [-0.05, 0) is 55.7 Å². The molecule has 0 aliphatic heterocycles. The summed E-state index contributed by atoms with van der Waals surface area (Å²) in [4.78, 5) is 28.0. The smallest absolute Gasteiger partial charge is 0.341 e. The van der Waals surface area contributed by atoms with Gasteiger partial charge in [-0.25, -0.2) is 4.79 Å². The highest BCUT2D eigenvalue weighted by Crippen LogP contribution is 2.27. The van der Waals surface area contributed by atoms with Crippen molar-refractivity contribution in [3.05, 3.63) is 63.7 Å². The second kappa shape index (κ2) is 5.92. The number of carboxylic acid groups (broad SMARTS) is 1. The summed E-state index contributed by atoms with van der Waals surface area (Å²) in [6.45, 7) is 6.47. The molecule has 0 fully saturated rings. The van der Waals surface area contributed by atoms with Crippen molar-refractivity contribution in [1.82, 2.24) is 9.55 Å². The summed E-state index contributed by atoms with van der Waals surface area (Å²) in [5, 5.41) is 9.64. The van der Waals surface area contributed by atoms with Gasteiger partial charge in [-0.2, -0.15) is 0 Å². The van der Waals surface area contributed by atoms with Crippen molar-refractivity contribution in [2.45, 2.75) is 27.3 Å². The maximum Gasteiger partial charge on any atom is 0.341 e. The van der Waals surface area contributed by atoms with Crippen LogP contribution in [0.15, 0.2) is 41.5 Å². The molecule has 0 aliphatic rings. The van der Waals surface area contributed by atoms with Gasteiger partial charge in [-0.1, -0.05) is 6.07 Å². The molecule has 0 spiro atoms. The van der Waals surface area contributed by atoms with Crippen molar-refractivity contribution < 1.29 is 9.90 Å². The second-order valence-electron chi connectivity index (χ2n) is 5.76. The Hall–Kier alpha value is -2.95. The molecule has 0 atom stereocenters. The zero-order valence-electron chi connectivity index (χ0n) is 13.8. The van der Waals surface area contributed by atoms with Gasteiger partial charge in [0.2, 0.25) is 5.43 Å². The number of nitrogens with zero attached hydrogens (tertiary/aromatic N) is 2. The van der Waals surface area contributed by atoms with Crippen LogP contribution in [0, 0.1) is 13.8 Å². The van der Waals surface area contributed by atoms with Crippen LogP contribution in [-0.4, -0.2) is 20.6 Å². The number of hydrogen-bond acceptors (Lipinski definition) is 3. The fourth-order valence-electron chi connectivity index (χ4n) is 2.92. The van der Waals surface area contributed by atoms with E-state index in [1.54, 1.807) is 16.8 Å². The summed E-state index contributed by atoms with van der Waals surface area (Å²) >= 11 is 0. The third kappa shape index (κ3) is 2.48. The molecule has 3 aromatic rings. The van der Waals surface area contributed by atoms with E-state index in [9.17, 15) is 14.7 Å². The molecular weight excluding hydrogens is 304 g/mol. The molecule has 0 unspecified atom stereocenters. The minimum atomic E-state index is -1.20. The SMILES string of the molecule is CCn1cc(C(=O)O)c(=O)c2ccc(-c3ccnc(C)c3C)cc21. The second-order valence-corrected chi connectivity index (χ2v) is 5.76. The first kappa shape index (κ1) is 15.9. The van der Waals surface area contributed by atoms with Gasteiger partial charge in [0.05, 0.1) is 5.52 Å². The fraction of sp³-hybridized carbons (Fsp3) is 0.211. The monoisotopic (exact) mass is 322 g/mol. The van der Waals surface area contributed by atoms with Crippen LogP contribution in [0.4, 0.5) is 0 Å². The van der Waals surface area contributed by atoms with Crippen molar-refractivity contribution in [2.24, 2.45) is 0 Å². The Labute approximate surface area is 139 Å². The number of benzene rings is 1. The molecule has 122 valence electrons. The number of rotatable bonds is 3. The molecule has 0 aliphatic carbocycles. The van der Waals surface area contributed by atoms with E-state index in [1.165, 1.54) is 6.20 Å². The summed E-state index contributed by atoms with van der Waals surface area (Å²) in [6, 6.07) is 7.45. The highest BCUT2D eigenvalue weighted by Gasteiger charge is 2.15. The number of fused-ring (bicyclic) bond motifs is 1. The number of carboxylic acids is 1. The first-order valence-electron chi connectivity index (χ1n) is 7.77. The van der Waals surface area contributed by atoms with E-state index in [4.69, 9.17) is 0 Å². The van der Waals surface area contributed by atoms with Gasteiger partial charge >= 0.3 is 5.97 Å². The summed E-state index contributed by atoms with van der Waals surface area (Å²) in [5.41, 5.74) is 4.17. The third-order valence-electron chi connectivity index (χ3n) is 4.42. The lowest BCUT2D eigenvalue weighted by Crippen LogP contribution is -2.18. The highest BCUT2D eigenvalue weighted by molar-refractivity contribution is 5.93. The van der Waals surface area contributed by atoms with Gasteiger partial charge < -0.3 is 9.67 Å². The Morgan fingerprint density at radius 2 is 2.00 bits per heavy atom. The van der Waals surface area contributed by atoms with Gasteiger partial charge in [0.15, 0.2) is 0 Å². The molecule has 1 aromatic carbocycles. The van der Waals surface area contributed by atoms with E-state index in [2.05, 4.69) is 4.98 Å². The van der Waals surface area contributed by atoms with Crippen molar-refractivity contribution in [3.63, 3.8) is 0 Å². The first-order chi connectivity index (χ1) is 11.4. The van der Waals surface area contributed by atoms with Crippen LogP contribution in [0.2, 0.25) is 0 Å². The number of pyridine rings is 2. The first-order valence-corrected chi connectivity index (χ1v) is 7.77. The zero-order chi connectivity index (χ0) is 17.4. The molecule has 5 heteroatoms. The van der Waals surface area contributed by atoms with Crippen LogP contribution in [-0.2, 0) is 6.54 Å². The van der Waals surface area contributed by atoms with Gasteiger partial charge in [0.1, 0.15) is 5.56 Å². The van der Waals surface area contributed by atoms with Crippen LogP contribution in [0.1, 0.15) is 28.5 Å². The van der Waals surface area contributed by atoms with Gasteiger partial charge in [-0.15, -0.1) is 0 Å². The van der Waals surface area contributed by atoms with E-state index in [0.717, 1.165) is 27.9 Å². The number of aromatic nitrogens is 2. The van der Waals surface area contributed by atoms with E-state index in [-0.39, 0.29) is 5.56 Å². The number of hydrogen-bond donors (Lipinski definition) is 1. The topological polar surface area (TPSA) is 72.2 Å². The average molecular weight is 322 g/mol. The molecule has 24 heavy (non-hydrogen) atoms. The summed E-state index contributed by atoms with van der Waals surface area (Å²) in [7, 11) is 0. The maximum atomic E-state index is 12.4. The Kier molecular flexibility index (Phi) is 3.93. The van der Waals surface area contributed by atoms with Crippen LogP contribution in [0.3, 0.4) is 0 Å². The quantitative estimate of drug-likeness (QED) is 0.802. The molecule has 2 aromatic heterocycles. The Morgan fingerprint density at radius 3 is 2.67 bits per heavy atom. The predicted molar refractivity (Wildman–Crippen MR) is 93.5 cm³/mol. The lowest BCUT2D eigenvalue weighted by molar-refractivity contribution is 0.0695. The molecule has 0 saturated carbocycles. The van der Waals surface area contributed by atoms with E-state index in [1.807, 2.05) is 39.0 Å². The minimum Gasteiger partial charge on any atom is -0.477 e. The van der Waals surface area contributed by atoms with Crippen LogP contribution in [0.25, 0.3) is 22.0 Å². The number of aromatic carboxylic acids is 1. The zero-order valence-corrected chi connectivity index (χ0v) is 13.8. The lowest BCUT2D eigenvalue weighted by atomic mass is 9.98. The summed E-state index contributed by atoms with van der Waals surface area (Å²) in [5.74, 6) is -1.20. The van der Waals surface area contributed by atoms with Crippen LogP contribution in [0.5, 0.6) is 0 Å². The molecule has 0 amide bonds. The minimum absolute atomic E-state index is 0.201. The molecular formula is C19H18N2O3. The van der Waals surface area contributed by atoms with Crippen molar-refractivity contribution in [2.75, 3.05) is 0 Å². The molecule has 5 nitrogen and oxygen atoms in total. The van der Waals surface area contributed by atoms with E-state index < -0.39 is 11.4 Å². The lowest BCUT2D eigenvalue weighted by Gasteiger charge is -2.13. The summed E-state index contributed by atoms with van der Waals surface area (Å²) in [6.07, 6.45) is 3.18. The molecule has 0 radical (unpaired) electrons. The van der Waals surface area contributed by atoms with Crippen LogP contribution >= 0.6 is 0 Å². The van der Waals surface area contributed by atoms with Crippen molar-refractivity contribution in [1.29, 1.82) is 0 Å². The Balaban J connectivity index is 2.33.